The number of nitrogens with zero attached hydrogens (tertiary/aromatic N) is 3. The molecule has 6 nitrogen and oxygen atoms in total. The van der Waals surface area contributed by atoms with E-state index in [1.165, 1.54) is 4.90 Å². The Hall–Kier alpha value is -3.64. The molecule has 0 spiro atoms. The van der Waals surface area contributed by atoms with Gasteiger partial charge in [0.2, 0.25) is 5.91 Å². The Morgan fingerprint density at radius 2 is 1.47 bits per heavy atom. The van der Waals surface area contributed by atoms with E-state index >= 15 is 0 Å². The first kappa shape index (κ1) is 20.3. The van der Waals surface area contributed by atoms with Gasteiger partial charge in [0.1, 0.15) is 5.92 Å². The van der Waals surface area contributed by atoms with Crippen molar-refractivity contribution in [1.82, 2.24) is 0 Å². The van der Waals surface area contributed by atoms with Gasteiger partial charge in [0.05, 0.1) is 17.4 Å². The van der Waals surface area contributed by atoms with Crippen LogP contribution < -0.4 is 14.9 Å². The van der Waals surface area contributed by atoms with Gasteiger partial charge < -0.3 is 4.90 Å². The van der Waals surface area contributed by atoms with E-state index in [9.17, 15) is 9.59 Å². The number of anilines is 3. The second-order valence-electron chi connectivity index (χ2n) is 8.44. The summed E-state index contributed by atoms with van der Waals surface area (Å²) in [4.78, 5) is 36.6. The molecule has 2 heterocycles. The Morgan fingerprint density at radius 3 is 2.12 bits per heavy atom. The van der Waals surface area contributed by atoms with Crippen molar-refractivity contribution in [1.29, 1.82) is 0 Å². The number of carbonyl (C=O) groups excluding carboxylic acids is 2. The molecule has 0 radical (unpaired) electrons. The number of hydrogen-bond donors (Lipinski definition) is 0. The molecular formula is C26H25N3O3. The lowest BCUT2D eigenvalue weighted by molar-refractivity contribution is -0.126. The van der Waals surface area contributed by atoms with E-state index in [0.717, 1.165) is 22.5 Å². The van der Waals surface area contributed by atoms with Crippen molar-refractivity contribution in [3.05, 3.63) is 90.0 Å². The minimum atomic E-state index is -0.860. The van der Waals surface area contributed by atoms with Gasteiger partial charge in [-0.1, -0.05) is 48.5 Å². The number of fused-ring (bicyclic) bond motifs is 1. The predicted octanol–water partition coefficient (Wildman–Crippen LogP) is 4.11. The molecular weight excluding hydrogens is 402 g/mol. The van der Waals surface area contributed by atoms with Crippen molar-refractivity contribution < 1.29 is 14.4 Å². The van der Waals surface area contributed by atoms with Crippen molar-refractivity contribution in [3.8, 4) is 0 Å². The Bertz CT molecular complexity index is 1160. The van der Waals surface area contributed by atoms with Crippen LogP contribution in [0.3, 0.4) is 0 Å². The highest BCUT2D eigenvalue weighted by atomic mass is 16.7. The largest absolute Gasteiger partial charge is 0.378 e. The number of carbonyl (C=O) groups is 2. The van der Waals surface area contributed by atoms with Gasteiger partial charge in [-0.3, -0.25) is 14.4 Å². The highest BCUT2D eigenvalue weighted by Crippen LogP contribution is 2.48. The van der Waals surface area contributed by atoms with Crippen LogP contribution in [-0.4, -0.2) is 32.0 Å². The van der Waals surface area contributed by atoms with Crippen molar-refractivity contribution >= 4 is 28.9 Å². The summed E-state index contributed by atoms with van der Waals surface area (Å²) in [7, 11) is 3.97. The molecule has 0 bridgehead atoms. The third kappa shape index (κ3) is 3.15. The second kappa shape index (κ2) is 7.80. The van der Waals surface area contributed by atoms with Gasteiger partial charge in [0, 0.05) is 19.8 Å². The number of para-hydroxylation sites is 2. The zero-order valence-corrected chi connectivity index (χ0v) is 18.3. The molecule has 0 unspecified atom stereocenters. The SMILES string of the molecule is Cc1ccccc1N1C(=O)[C@@H]2[C@H](ON(c3ccccc3)[C@@H]2c2ccc(N(C)C)cc2)C1=O. The molecule has 0 aliphatic carbocycles. The van der Waals surface area contributed by atoms with Gasteiger partial charge in [-0.05, 0) is 48.4 Å². The molecule has 162 valence electrons. The van der Waals surface area contributed by atoms with E-state index in [1.54, 1.807) is 5.06 Å². The smallest absolute Gasteiger partial charge is 0.266 e. The summed E-state index contributed by atoms with van der Waals surface area (Å²) in [6.07, 6.45) is -0.860. The summed E-state index contributed by atoms with van der Waals surface area (Å²) < 4.78 is 0. The number of hydrogen-bond acceptors (Lipinski definition) is 5. The first-order valence-corrected chi connectivity index (χ1v) is 10.7. The molecule has 3 aromatic carbocycles. The zero-order chi connectivity index (χ0) is 22.4. The van der Waals surface area contributed by atoms with Crippen molar-refractivity contribution in [2.75, 3.05) is 29.0 Å². The Kier molecular flexibility index (Phi) is 4.94. The van der Waals surface area contributed by atoms with Gasteiger partial charge in [-0.15, -0.1) is 0 Å². The predicted molar refractivity (Wildman–Crippen MR) is 124 cm³/mol. The second-order valence-corrected chi connectivity index (χ2v) is 8.44. The molecule has 0 aromatic heterocycles. The molecule has 0 N–H and O–H groups in total. The molecule has 3 aromatic rings. The standard InChI is InChI=1S/C26H25N3O3/c1-17-9-7-8-12-21(17)28-25(30)22-23(18-13-15-19(16-14-18)27(2)3)29(32-24(22)26(28)31)20-10-5-4-6-11-20/h4-16,22-24H,1-3H3/t22-,23+,24-/m0/s1. The molecule has 2 fully saturated rings. The lowest BCUT2D eigenvalue weighted by atomic mass is 9.90. The molecule has 2 aliphatic rings. The van der Waals surface area contributed by atoms with E-state index in [1.807, 2.05) is 105 Å². The molecule has 2 aliphatic heterocycles. The van der Waals surface area contributed by atoms with Crippen LogP contribution in [0.5, 0.6) is 0 Å². The fourth-order valence-electron chi connectivity index (χ4n) is 4.57. The minimum absolute atomic E-state index is 0.227. The van der Waals surface area contributed by atoms with Crippen LogP contribution in [0.15, 0.2) is 78.9 Å². The maximum Gasteiger partial charge on any atom is 0.266 e. The summed E-state index contributed by atoms with van der Waals surface area (Å²) in [5.74, 6) is -1.18. The first-order chi connectivity index (χ1) is 15.5. The monoisotopic (exact) mass is 427 g/mol. The summed E-state index contributed by atoms with van der Waals surface area (Å²) in [6, 6.07) is 24.7. The summed E-state index contributed by atoms with van der Waals surface area (Å²) in [6.45, 7) is 1.90. The topological polar surface area (TPSA) is 53.1 Å². The van der Waals surface area contributed by atoms with Gasteiger partial charge >= 0.3 is 0 Å². The summed E-state index contributed by atoms with van der Waals surface area (Å²) in [5, 5.41) is 1.73. The number of benzene rings is 3. The minimum Gasteiger partial charge on any atom is -0.378 e. The summed E-state index contributed by atoms with van der Waals surface area (Å²) >= 11 is 0. The average Bonchev–Trinajstić information content (AvgIpc) is 3.31. The maximum absolute atomic E-state index is 13.7. The Labute approximate surface area is 187 Å². The lowest BCUT2D eigenvalue weighted by Crippen LogP contribution is -2.37. The van der Waals surface area contributed by atoms with Gasteiger partial charge in [0.25, 0.3) is 5.91 Å². The van der Waals surface area contributed by atoms with E-state index < -0.39 is 18.1 Å². The molecule has 3 atom stereocenters. The van der Waals surface area contributed by atoms with Crippen molar-refractivity contribution in [2.24, 2.45) is 5.92 Å². The molecule has 6 heteroatoms. The van der Waals surface area contributed by atoms with E-state index in [2.05, 4.69) is 0 Å². The molecule has 2 saturated heterocycles. The van der Waals surface area contributed by atoms with Gasteiger partial charge in [-0.2, -0.15) is 0 Å². The van der Waals surface area contributed by atoms with Crippen LogP contribution in [0.4, 0.5) is 17.1 Å². The summed E-state index contributed by atoms with van der Waals surface area (Å²) in [5.41, 5.74) is 4.30. The number of hydroxylamine groups is 1. The number of aryl methyl sites for hydroxylation is 1. The third-order valence-electron chi connectivity index (χ3n) is 6.23. The first-order valence-electron chi connectivity index (χ1n) is 10.7. The highest BCUT2D eigenvalue weighted by molar-refractivity contribution is 6.24. The fourth-order valence-corrected chi connectivity index (χ4v) is 4.57. The maximum atomic E-state index is 13.7. The Morgan fingerprint density at radius 1 is 0.812 bits per heavy atom. The van der Waals surface area contributed by atoms with Gasteiger partial charge in [-0.25, -0.2) is 9.96 Å². The number of rotatable bonds is 4. The van der Waals surface area contributed by atoms with E-state index in [4.69, 9.17) is 4.84 Å². The van der Waals surface area contributed by atoms with Crippen LogP contribution in [0, 0.1) is 12.8 Å². The fraction of sp³-hybridized carbons (Fsp3) is 0.231. The van der Waals surface area contributed by atoms with Crippen LogP contribution in [0.25, 0.3) is 0 Å². The van der Waals surface area contributed by atoms with Crippen molar-refractivity contribution in [2.45, 2.75) is 19.1 Å². The third-order valence-corrected chi connectivity index (χ3v) is 6.23. The average molecular weight is 428 g/mol. The van der Waals surface area contributed by atoms with Crippen LogP contribution >= 0.6 is 0 Å². The molecule has 5 rings (SSSR count). The number of imide groups is 1. The van der Waals surface area contributed by atoms with E-state index in [-0.39, 0.29) is 11.8 Å². The Balaban J connectivity index is 1.58. The van der Waals surface area contributed by atoms with Crippen LogP contribution in [-0.2, 0) is 14.4 Å². The quantitative estimate of drug-likeness (QED) is 0.587. The lowest BCUT2D eigenvalue weighted by Gasteiger charge is -2.29. The van der Waals surface area contributed by atoms with Crippen LogP contribution in [0.1, 0.15) is 17.2 Å². The highest BCUT2D eigenvalue weighted by Gasteiger charge is 2.60. The normalized spacial score (nSPS) is 22.4. The molecule has 32 heavy (non-hydrogen) atoms. The van der Waals surface area contributed by atoms with Gasteiger partial charge in [0.15, 0.2) is 6.10 Å². The van der Waals surface area contributed by atoms with E-state index in [0.29, 0.717) is 5.69 Å². The van der Waals surface area contributed by atoms with Crippen LogP contribution in [0.2, 0.25) is 0 Å². The van der Waals surface area contributed by atoms with Crippen molar-refractivity contribution in [3.63, 3.8) is 0 Å². The zero-order valence-electron chi connectivity index (χ0n) is 18.3. The molecule has 2 amide bonds. The molecule has 0 saturated carbocycles. The number of amides is 2.